The topological polar surface area (TPSA) is 66.6 Å². The summed E-state index contributed by atoms with van der Waals surface area (Å²) in [7, 11) is 0. The lowest BCUT2D eigenvalue weighted by Crippen LogP contribution is -2.36. The van der Waals surface area contributed by atoms with Gasteiger partial charge in [0, 0.05) is 36.4 Å². The second-order valence-corrected chi connectivity index (χ2v) is 10.0. The van der Waals surface area contributed by atoms with E-state index in [-0.39, 0.29) is 5.91 Å². The lowest BCUT2D eigenvalue weighted by atomic mass is 10.2. The molecule has 0 N–H and O–H groups in total. The zero-order valence-electron chi connectivity index (χ0n) is 17.9. The van der Waals surface area contributed by atoms with Gasteiger partial charge in [-0.3, -0.25) is 4.79 Å². The Kier molecular flexibility index (Phi) is 5.27. The van der Waals surface area contributed by atoms with Crippen molar-refractivity contribution in [1.82, 2.24) is 24.5 Å². The van der Waals surface area contributed by atoms with Crippen LogP contribution in [-0.2, 0) is 11.2 Å². The summed E-state index contributed by atoms with van der Waals surface area (Å²) in [6.07, 6.45) is 1.37. The van der Waals surface area contributed by atoms with Gasteiger partial charge in [-0.15, -0.1) is 32.9 Å². The molecule has 5 heterocycles. The van der Waals surface area contributed by atoms with E-state index in [1.807, 2.05) is 58.1 Å². The molecule has 0 saturated carbocycles. The van der Waals surface area contributed by atoms with Crippen molar-refractivity contribution in [3.8, 4) is 10.7 Å². The van der Waals surface area contributed by atoms with Gasteiger partial charge in [-0.05, 0) is 41.4 Å². The summed E-state index contributed by atoms with van der Waals surface area (Å²) >= 11 is 3.28. The van der Waals surface area contributed by atoms with Gasteiger partial charge in [-0.2, -0.15) is 0 Å². The normalized spacial score (nSPS) is 14.8. The number of rotatable bonds is 4. The highest BCUT2D eigenvalue weighted by Crippen LogP contribution is 2.30. The Morgan fingerprint density at radius 1 is 0.909 bits per heavy atom. The van der Waals surface area contributed by atoms with E-state index in [1.165, 1.54) is 0 Å². The van der Waals surface area contributed by atoms with Crippen molar-refractivity contribution >= 4 is 51.1 Å². The maximum absolute atomic E-state index is 12.9. The highest BCUT2D eigenvalue weighted by atomic mass is 32.1. The molecule has 0 bridgehead atoms. The molecule has 33 heavy (non-hydrogen) atoms. The van der Waals surface area contributed by atoms with Crippen molar-refractivity contribution in [3.05, 3.63) is 64.2 Å². The first-order valence-corrected chi connectivity index (χ1v) is 12.8. The SMILES string of the molecule is O=C(Cc1cccs1)N1CCCN(c2nc3ccccc3c3nnc(-c4cccs4)n23)CC1. The lowest BCUT2D eigenvalue weighted by molar-refractivity contribution is -0.130. The number of fused-ring (bicyclic) bond motifs is 3. The number of hydrogen-bond acceptors (Lipinski definition) is 7. The molecule has 0 aliphatic carbocycles. The van der Waals surface area contributed by atoms with E-state index in [0.717, 1.165) is 64.1 Å². The van der Waals surface area contributed by atoms with Crippen LogP contribution in [0, 0.1) is 0 Å². The molecule has 1 aromatic carbocycles. The zero-order valence-corrected chi connectivity index (χ0v) is 19.6. The van der Waals surface area contributed by atoms with Crippen molar-refractivity contribution in [2.24, 2.45) is 0 Å². The third kappa shape index (κ3) is 3.77. The summed E-state index contributed by atoms with van der Waals surface area (Å²) in [5.74, 6) is 1.84. The van der Waals surface area contributed by atoms with Crippen LogP contribution in [0.4, 0.5) is 5.95 Å². The molecule has 4 aromatic heterocycles. The van der Waals surface area contributed by atoms with Gasteiger partial charge in [-0.1, -0.05) is 24.3 Å². The summed E-state index contributed by atoms with van der Waals surface area (Å²) in [6.45, 7) is 2.98. The summed E-state index contributed by atoms with van der Waals surface area (Å²) in [5, 5.41) is 14.2. The first-order valence-electron chi connectivity index (χ1n) is 11.0. The Morgan fingerprint density at radius 3 is 2.64 bits per heavy atom. The van der Waals surface area contributed by atoms with Crippen LogP contribution < -0.4 is 4.90 Å². The van der Waals surface area contributed by atoms with Crippen LogP contribution in [0.15, 0.2) is 59.3 Å². The van der Waals surface area contributed by atoms with Gasteiger partial charge in [0.05, 0.1) is 16.8 Å². The van der Waals surface area contributed by atoms with Crippen molar-refractivity contribution in [3.63, 3.8) is 0 Å². The van der Waals surface area contributed by atoms with Gasteiger partial charge in [0.25, 0.3) is 0 Å². The zero-order chi connectivity index (χ0) is 22.2. The van der Waals surface area contributed by atoms with Crippen LogP contribution in [0.1, 0.15) is 11.3 Å². The maximum Gasteiger partial charge on any atom is 0.227 e. The van der Waals surface area contributed by atoms with Crippen molar-refractivity contribution in [2.75, 3.05) is 31.1 Å². The smallest absolute Gasteiger partial charge is 0.227 e. The minimum Gasteiger partial charge on any atom is -0.341 e. The molecule has 1 saturated heterocycles. The van der Waals surface area contributed by atoms with E-state index in [2.05, 4.69) is 25.6 Å². The molecule has 5 aromatic rings. The van der Waals surface area contributed by atoms with Crippen molar-refractivity contribution < 1.29 is 4.79 Å². The Labute approximate surface area is 198 Å². The fourth-order valence-corrected chi connectivity index (χ4v) is 5.78. The molecule has 1 aliphatic rings. The molecule has 1 aliphatic heterocycles. The second kappa shape index (κ2) is 8.57. The molecule has 1 fully saturated rings. The monoisotopic (exact) mass is 474 g/mol. The first-order chi connectivity index (χ1) is 16.3. The number of para-hydroxylation sites is 1. The van der Waals surface area contributed by atoms with E-state index in [1.54, 1.807) is 22.7 Å². The molecular formula is C24H22N6OS2. The summed E-state index contributed by atoms with van der Waals surface area (Å²) in [5.41, 5.74) is 1.72. The number of amides is 1. The number of thiophene rings is 2. The highest BCUT2D eigenvalue weighted by molar-refractivity contribution is 7.13. The number of carbonyl (C=O) groups excluding carboxylic acids is 1. The average molecular weight is 475 g/mol. The largest absolute Gasteiger partial charge is 0.341 e. The summed E-state index contributed by atoms with van der Waals surface area (Å²) < 4.78 is 2.08. The molecule has 7 nitrogen and oxygen atoms in total. The van der Waals surface area contributed by atoms with Gasteiger partial charge in [0.15, 0.2) is 11.5 Å². The van der Waals surface area contributed by atoms with E-state index in [9.17, 15) is 4.79 Å². The van der Waals surface area contributed by atoms with Gasteiger partial charge in [0.2, 0.25) is 11.9 Å². The third-order valence-electron chi connectivity index (χ3n) is 6.01. The Morgan fingerprint density at radius 2 is 1.79 bits per heavy atom. The number of hydrogen-bond donors (Lipinski definition) is 0. The summed E-state index contributed by atoms with van der Waals surface area (Å²) in [4.78, 5) is 24.4. The van der Waals surface area contributed by atoms with Gasteiger partial charge < -0.3 is 9.80 Å². The van der Waals surface area contributed by atoms with Gasteiger partial charge >= 0.3 is 0 Å². The fraction of sp³-hybridized carbons (Fsp3) is 0.250. The highest BCUT2D eigenvalue weighted by Gasteiger charge is 2.24. The second-order valence-electron chi connectivity index (χ2n) is 8.07. The number of nitrogens with zero attached hydrogens (tertiary/aromatic N) is 6. The van der Waals surface area contributed by atoms with Crippen LogP contribution in [0.2, 0.25) is 0 Å². The molecule has 0 radical (unpaired) electrons. The quantitative estimate of drug-likeness (QED) is 0.387. The van der Waals surface area contributed by atoms with Crippen LogP contribution in [0.5, 0.6) is 0 Å². The van der Waals surface area contributed by atoms with E-state index < -0.39 is 0 Å². The molecule has 1 amide bonds. The average Bonchev–Trinajstić information content (AvgIpc) is 3.58. The molecule has 0 unspecified atom stereocenters. The molecule has 0 atom stereocenters. The van der Waals surface area contributed by atoms with E-state index >= 15 is 0 Å². The van der Waals surface area contributed by atoms with Crippen molar-refractivity contribution in [2.45, 2.75) is 12.8 Å². The minimum absolute atomic E-state index is 0.194. The van der Waals surface area contributed by atoms with Crippen LogP contribution in [-0.4, -0.2) is 56.6 Å². The molecule has 6 rings (SSSR count). The van der Waals surface area contributed by atoms with E-state index in [4.69, 9.17) is 4.98 Å². The Bertz CT molecular complexity index is 1410. The number of benzene rings is 1. The molecular weight excluding hydrogens is 452 g/mol. The predicted octanol–water partition coefficient (Wildman–Crippen LogP) is 4.35. The molecule has 166 valence electrons. The summed E-state index contributed by atoms with van der Waals surface area (Å²) in [6, 6.07) is 16.2. The van der Waals surface area contributed by atoms with Crippen molar-refractivity contribution in [1.29, 1.82) is 0 Å². The van der Waals surface area contributed by atoms with Crippen LogP contribution in [0.3, 0.4) is 0 Å². The standard InChI is InChI=1S/C24H22N6OS2/c31-21(16-17-6-3-14-32-17)28-10-5-11-29(13-12-28)24-25-19-8-2-1-7-18(19)22-26-27-23(30(22)24)20-9-4-15-33-20/h1-4,6-9,14-15H,5,10-13,16H2. The number of anilines is 1. The van der Waals surface area contributed by atoms with Gasteiger partial charge in [0.1, 0.15) is 0 Å². The van der Waals surface area contributed by atoms with Crippen LogP contribution in [0.25, 0.3) is 27.3 Å². The lowest BCUT2D eigenvalue weighted by Gasteiger charge is -2.24. The Balaban J connectivity index is 1.36. The maximum atomic E-state index is 12.9. The molecule has 9 heteroatoms. The first kappa shape index (κ1) is 20.3. The third-order valence-corrected chi connectivity index (χ3v) is 7.75. The van der Waals surface area contributed by atoms with E-state index in [0.29, 0.717) is 13.0 Å². The van der Waals surface area contributed by atoms with Crippen LogP contribution >= 0.6 is 22.7 Å². The predicted molar refractivity (Wildman–Crippen MR) is 133 cm³/mol. The minimum atomic E-state index is 0.194. The van der Waals surface area contributed by atoms with Gasteiger partial charge in [-0.25, -0.2) is 9.38 Å². The number of aromatic nitrogens is 4. The Hall–Kier alpha value is -3.30. The number of carbonyl (C=O) groups is 1. The fourth-order valence-electron chi connectivity index (χ4n) is 4.38. The molecule has 0 spiro atoms.